The second kappa shape index (κ2) is 10.6. The van der Waals surface area contributed by atoms with E-state index in [-0.39, 0.29) is 30.5 Å². The number of para-hydroxylation sites is 1. The number of likely N-dealkylation sites (N-methyl/N-ethyl adjacent to an activating group) is 1. The number of hydrogen-bond donors (Lipinski definition) is 2. The summed E-state index contributed by atoms with van der Waals surface area (Å²) in [7, 11) is 1.94. The first-order chi connectivity index (χ1) is 15.4. The fraction of sp³-hybridized carbons (Fsp3) is 0.304. The van der Waals surface area contributed by atoms with Gasteiger partial charge in [-0.05, 0) is 32.0 Å². The quantitative estimate of drug-likeness (QED) is 0.521. The van der Waals surface area contributed by atoms with Gasteiger partial charge in [0.25, 0.3) is 5.91 Å². The molecule has 4 rings (SSSR count). The summed E-state index contributed by atoms with van der Waals surface area (Å²) in [5.74, 6) is -0.915. The second-order valence-electron chi connectivity index (χ2n) is 7.59. The Hall–Kier alpha value is -3.59. The van der Waals surface area contributed by atoms with Crippen LogP contribution in [-0.4, -0.2) is 52.4 Å². The highest BCUT2D eigenvalue weighted by atomic mass is 19.1. The van der Waals surface area contributed by atoms with Gasteiger partial charge in [0, 0.05) is 23.5 Å². The number of hydrogen-bond acceptors (Lipinski definition) is 5. The number of nitrogens with one attached hydrogen (secondary N) is 1. The van der Waals surface area contributed by atoms with E-state index in [1.54, 1.807) is 36.4 Å². The minimum absolute atomic E-state index is 0.0531. The van der Waals surface area contributed by atoms with E-state index < -0.39 is 5.91 Å². The summed E-state index contributed by atoms with van der Waals surface area (Å²) in [5, 5.41) is 7.40. The van der Waals surface area contributed by atoms with Crippen molar-refractivity contribution in [1.82, 2.24) is 20.0 Å². The Morgan fingerprint density at radius 2 is 1.91 bits per heavy atom. The van der Waals surface area contributed by atoms with Crippen molar-refractivity contribution in [2.75, 3.05) is 13.6 Å². The van der Waals surface area contributed by atoms with Gasteiger partial charge >= 0.3 is 0 Å². The number of nitrogens with two attached hydrogens (primary N) is 1. The molecule has 9 heteroatoms. The summed E-state index contributed by atoms with van der Waals surface area (Å²) in [4.78, 5) is 35.1. The van der Waals surface area contributed by atoms with E-state index in [0.29, 0.717) is 23.5 Å². The molecule has 0 atom stereocenters. The molecule has 2 aromatic carbocycles. The lowest BCUT2D eigenvalue weighted by molar-refractivity contribution is -0.122. The molecule has 1 heterocycles. The summed E-state index contributed by atoms with van der Waals surface area (Å²) >= 11 is 0. The zero-order chi connectivity index (χ0) is 23.1. The summed E-state index contributed by atoms with van der Waals surface area (Å²) in [6.07, 6.45) is 3.08. The molecule has 8 nitrogen and oxygen atoms in total. The van der Waals surface area contributed by atoms with Crippen LogP contribution in [0.3, 0.4) is 0 Å². The fourth-order valence-corrected chi connectivity index (χ4v) is 3.28. The molecule has 1 aromatic heterocycles. The summed E-state index contributed by atoms with van der Waals surface area (Å²) in [5.41, 5.74) is 6.65. The van der Waals surface area contributed by atoms with Crippen LogP contribution in [0.5, 0.6) is 0 Å². The maximum atomic E-state index is 13.3. The first-order valence-corrected chi connectivity index (χ1v) is 10.3. The smallest absolute Gasteiger partial charge is 0.269 e. The van der Waals surface area contributed by atoms with Crippen molar-refractivity contribution in [3.8, 4) is 0 Å². The molecule has 1 aliphatic carbocycles. The molecule has 0 bridgehead atoms. The molecule has 1 aliphatic rings. The average molecular weight is 439 g/mol. The van der Waals surface area contributed by atoms with Gasteiger partial charge in [0.2, 0.25) is 5.91 Å². The van der Waals surface area contributed by atoms with Crippen LogP contribution in [-0.2, 0) is 22.7 Å². The Kier molecular flexibility index (Phi) is 7.67. The fourth-order valence-electron chi connectivity index (χ4n) is 3.28. The lowest BCUT2D eigenvalue weighted by atomic mass is 10.2. The minimum Gasteiger partial charge on any atom is -0.364 e. The molecule has 0 saturated heterocycles. The van der Waals surface area contributed by atoms with Crippen LogP contribution in [0, 0.1) is 5.82 Å². The van der Waals surface area contributed by atoms with E-state index in [9.17, 15) is 18.8 Å². The molecule has 0 unspecified atom stereocenters. The molecule has 168 valence electrons. The van der Waals surface area contributed by atoms with Gasteiger partial charge < -0.3 is 15.8 Å². The number of rotatable bonds is 8. The summed E-state index contributed by atoms with van der Waals surface area (Å²) < 4.78 is 14.7. The molecule has 3 aromatic rings. The Bertz CT molecular complexity index is 1110. The number of carbonyl (C=O) groups excluding carboxylic acids is 3. The largest absolute Gasteiger partial charge is 0.364 e. The maximum Gasteiger partial charge on any atom is 0.269 e. The van der Waals surface area contributed by atoms with E-state index in [0.717, 1.165) is 11.8 Å². The summed E-state index contributed by atoms with van der Waals surface area (Å²) in [6, 6.07) is 14.2. The highest BCUT2D eigenvalue weighted by Gasteiger charge is 2.27. The predicted molar refractivity (Wildman–Crippen MR) is 118 cm³/mol. The maximum absolute atomic E-state index is 13.3. The van der Waals surface area contributed by atoms with Gasteiger partial charge in [-0.1, -0.05) is 36.4 Å². The summed E-state index contributed by atoms with van der Waals surface area (Å²) in [6.45, 7) is 0.761. The van der Waals surface area contributed by atoms with Crippen LogP contribution in [0.25, 0.3) is 10.9 Å². The van der Waals surface area contributed by atoms with Crippen molar-refractivity contribution in [2.24, 2.45) is 5.73 Å². The molecular formula is C23H26FN5O3. The first kappa shape index (κ1) is 23.1. The van der Waals surface area contributed by atoms with Crippen molar-refractivity contribution >= 4 is 29.0 Å². The van der Waals surface area contributed by atoms with Crippen LogP contribution >= 0.6 is 0 Å². The lowest BCUT2D eigenvalue weighted by Gasteiger charge is -2.15. The van der Waals surface area contributed by atoms with Crippen LogP contribution in [0.2, 0.25) is 0 Å². The van der Waals surface area contributed by atoms with Crippen molar-refractivity contribution in [2.45, 2.75) is 32.0 Å². The normalized spacial score (nSPS) is 12.8. The third kappa shape index (κ3) is 5.98. The zero-order valence-electron chi connectivity index (χ0n) is 17.8. The number of primary amides is 1. The van der Waals surface area contributed by atoms with Gasteiger partial charge in [0.15, 0.2) is 5.69 Å². The van der Waals surface area contributed by atoms with Crippen LogP contribution < -0.4 is 11.1 Å². The third-order valence-electron chi connectivity index (χ3n) is 5.14. The van der Waals surface area contributed by atoms with Crippen LogP contribution in [0.15, 0.2) is 48.5 Å². The van der Waals surface area contributed by atoms with Gasteiger partial charge in [-0.3, -0.25) is 19.2 Å². The number of amides is 2. The van der Waals surface area contributed by atoms with E-state index in [4.69, 9.17) is 5.73 Å². The zero-order valence-corrected chi connectivity index (χ0v) is 17.8. The van der Waals surface area contributed by atoms with Crippen molar-refractivity contribution in [3.05, 3.63) is 65.6 Å². The third-order valence-corrected chi connectivity index (χ3v) is 5.14. The van der Waals surface area contributed by atoms with Gasteiger partial charge in [-0.15, -0.1) is 0 Å². The van der Waals surface area contributed by atoms with Gasteiger partial charge in [-0.2, -0.15) is 5.10 Å². The number of aromatic nitrogens is 2. The second-order valence-corrected chi connectivity index (χ2v) is 7.59. The molecular weight excluding hydrogens is 413 g/mol. The predicted octanol–water partition coefficient (Wildman–Crippen LogP) is 1.87. The SMILES string of the molecule is CN(CC(=O)NCc1ccccc1F)C1CC1.NC(=O)c1nn(CC=O)c2ccccc12. The number of benzene rings is 2. The highest BCUT2D eigenvalue weighted by Crippen LogP contribution is 2.24. The Balaban J connectivity index is 0.000000182. The number of carbonyl (C=O) groups is 3. The van der Waals surface area contributed by atoms with Gasteiger partial charge in [0.1, 0.15) is 12.1 Å². The van der Waals surface area contributed by atoms with Crippen molar-refractivity contribution < 1.29 is 18.8 Å². The molecule has 3 N–H and O–H groups in total. The molecule has 0 aliphatic heterocycles. The topological polar surface area (TPSA) is 110 Å². The Morgan fingerprint density at radius 3 is 2.56 bits per heavy atom. The molecule has 1 saturated carbocycles. The number of fused-ring (bicyclic) bond motifs is 1. The Morgan fingerprint density at radius 1 is 1.22 bits per heavy atom. The molecule has 32 heavy (non-hydrogen) atoms. The van der Waals surface area contributed by atoms with Crippen molar-refractivity contribution in [1.29, 1.82) is 0 Å². The lowest BCUT2D eigenvalue weighted by Crippen LogP contribution is -2.35. The number of aldehydes is 1. The minimum atomic E-state index is -0.587. The van der Waals surface area contributed by atoms with Gasteiger partial charge in [0.05, 0.1) is 18.6 Å². The van der Waals surface area contributed by atoms with E-state index >= 15 is 0 Å². The monoisotopic (exact) mass is 439 g/mol. The first-order valence-electron chi connectivity index (χ1n) is 10.3. The van der Waals surface area contributed by atoms with Crippen LogP contribution in [0.4, 0.5) is 4.39 Å². The molecule has 1 fully saturated rings. The molecule has 0 spiro atoms. The van der Waals surface area contributed by atoms with E-state index in [1.807, 2.05) is 18.0 Å². The highest BCUT2D eigenvalue weighted by molar-refractivity contribution is 6.04. The van der Waals surface area contributed by atoms with Gasteiger partial charge in [-0.25, -0.2) is 4.39 Å². The average Bonchev–Trinajstić information content (AvgIpc) is 3.56. The number of nitrogens with zero attached hydrogens (tertiary/aromatic N) is 3. The van der Waals surface area contributed by atoms with E-state index in [1.165, 1.54) is 23.6 Å². The molecule has 0 radical (unpaired) electrons. The standard InChI is InChI=1S/C13H17FN2O.C10H9N3O2/c1-16(11-6-7-11)9-13(17)15-8-10-4-2-3-5-12(10)14;11-10(15)9-7-3-1-2-4-8(7)13(12-9)5-6-14/h2-5,11H,6-9H2,1H3,(H,15,17);1-4,6H,5H2,(H2,11,15). The molecule has 2 amide bonds. The Labute approximate surface area is 185 Å². The van der Waals surface area contributed by atoms with E-state index in [2.05, 4.69) is 10.4 Å². The van der Waals surface area contributed by atoms with Crippen molar-refractivity contribution in [3.63, 3.8) is 0 Å². The van der Waals surface area contributed by atoms with Crippen LogP contribution in [0.1, 0.15) is 28.9 Å². The number of halogens is 1.